The Hall–Kier alpha value is -2.12. The predicted molar refractivity (Wildman–Crippen MR) is 44.3 cm³/mol. The number of aromatic nitrogens is 3. The minimum absolute atomic E-state index is 0.0267. The van der Waals surface area contributed by atoms with Gasteiger partial charge in [-0.25, -0.2) is 4.79 Å². The molecule has 0 fully saturated rings. The van der Waals surface area contributed by atoms with Gasteiger partial charge in [0.05, 0.1) is 12.7 Å². The number of H-pyrrole nitrogens is 1. The van der Waals surface area contributed by atoms with Crippen molar-refractivity contribution in [3.05, 3.63) is 11.9 Å². The fourth-order valence-corrected chi connectivity index (χ4v) is 0.718. The van der Waals surface area contributed by atoms with Crippen LogP contribution in [0.25, 0.3) is 0 Å². The van der Waals surface area contributed by atoms with Crippen molar-refractivity contribution in [3.8, 4) is 0 Å². The van der Waals surface area contributed by atoms with Crippen molar-refractivity contribution in [2.75, 3.05) is 13.2 Å². The largest absolute Gasteiger partial charge is 0.448 e. The number of aromatic amines is 1. The first-order valence-corrected chi connectivity index (χ1v) is 3.76. The Balaban J connectivity index is 2.19. The van der Waals surface area contributed by atoms with Crippen LogP contribution in [-0.2, 0) is 4.74 Å². The molecule has 8 heteroatoms. The molecule has 0 atom stereocenters. The summed E-state index contributed by atoms with van der Waals surface area (Å²) in [6.07, 6.45) is 0.408. The maximum absolute atomic E-state index is 11.1. The van der Waals surface area contributed by atoms with E-state index in [2.05, 4.69) is 25.5 Å². The number of amides is 2. The molecular weight excluding hydrogens is 190 g/mol. The van der Waals surface area contributed by atoms with Crippen molar-refractivity contribution in [1.82, 2.24) is 20.7 Å². The lowest BCUT2D eigenvalue weighted by atomic mass is 10.4. The van der Waals surface area contributed by atoms with E-state index in [0.717, 1.165) is 0 Å². The van der Waals surface area contributed by atoms with Gasteiger partial charge in [-0.05, 0) is 0 Å². The minimum atomic E-state index is -0.874. The molecule has 4 N–H and O–H groups in total. The van der Waals surface area contributed by atoms with E-state index < -0.39 is 12.0 Å². The maximum Gasteiger partial charge on any atom is 0.404 e. The summed E-state index contributed by atoms with van der Waals surface area (Å²) in [5, 5.41) is 11.7. The summed E-state index contributed by atoms with van der Waals surface area (Å²) in [5.41, 5.74) is 4.87. The van der Waals surface area contributed by atoms with Crippen LogP contribution in [0.1, 0.15) is 10.5 Å². The zero-order valence-corrected chi connectivity index (χ0v) is 7.19. The molecule has 0 aliphatic rings. The van der Waals surface area contributed by atoms with Crippen LogP contribution in [0.5, 0.6) is 0 Å². The number of carbonyl (C=O) groups is 2. The molecule has 0 aromatic carbocycles. The average molecular weight is 199 g/mol. The summed E-state index contributed by atoms with van der Waals surface area (Å²) >= 11 is 0. The van der Waals surface area contributed by atoms with Gasteiger partial charge in [0.1, 0.15) is 6.61 Å². The highest BCUT2D eigenvalue weighted by Crippen LogP contribution is 1.86. The molecule has 14 heavy (non-hydrogen) atoms. The normalized spacial score (nSPS) is 9.43. The van der Waals surface area contributed by atoms with Crippen LogP contribution in [0.2, 0.25) is 0 Å². The van der Waals surface area contributed by atoms with Gasteiger partial charge in [-0.2, -0.15) is 15.4 Å². The SMILES string of the molecule is NC(=O)OCCNC(=O)c1cn[nH]n1. The fraction of sp³-hybridized carbons (Fsp3) is 0.333. The molecule has 0 saturated carbocycles. The number of nitrogens with one attached hydrogen (secondary N) is 2. The third-order valence-electron chi connectivity index (χ3n) is 1.28. The number of carbonyl (C=O) groups excluding carboxylic acids is 2. The van der Waals surface area contributed by atoms with Crippen molar-refractivity contribution >= 4 is 12.0 Å². The second-order valence-corrected chi connectivity index (χ2v) is 2.28. The lowest BCUT2D eigenvalue weighted by Gasteiger charge is -2.02. The average Bonchev–Trinajstić information content (AvgIpc) is 2.64. The van der Waals surface area contributed by atoms with Crippen LogP contribution >= 0.6 is 0 Å². The van der Waals surface area contributed by atoms with Gasteiger partial charge in [0, 0.05) is 0 Å². The van der Waals surface area contributed by atoms with Crippen molar-refractivity contribution in [2.45, 2.75) is 0 Å². The summed E-state index contributed by atoms with van der Waals surface area (Å²) < 4.78 is 4.39. The summed E-state index contributed by atoms with van der Waals surface area (Å²) in [4.78, 5) is 21.3. The lowest BCUT2D eigenvalue weighted by Crippen LogP contribution is -2.29. The van der Waals surface area contributed by atoms with E-state index in [1.807, 2.05) is 0 Å². The van der Waals surface area contributed by atoms with E-state index in [-0.39, 0.29) is 18.8 Å². The molecule has 0 aliphatic heterocycles. The smallest absolute Gasteiger partial charge is 0.404 e. The Bertz CT molecular complexity index is 309. The van der Waals surface area contributed by atoms with Crippen molar-refractivity contribution < 1.29 is 14.3 Å². The fourth-order valence-electron chi connectivity index (χ4n) is 0.718. The first-order chi connectivity index (χ1) is 6.70. The first kappa shape index (κ1) is 9.96. The first-order valence-electron chi connectivity index (χ1n) is 3.76. The second kappa shape index (κ2) is 4.80. The number of nitrogens with two attached hydrogens (primary N) is 1. The summed E-state index contributed by atoms with van der Waals surface area (Å²) in [5.74, 6) is -0.396. The summed E-state index contributed by atoms with van der Waals surface area (Å²) in [6, 6.07) is 0. The molecule has 0 bridgehead atoms. The quantitative estimate of drug-likeness (QED) is 0.516. The molecule has 76 valence electrons. The van der Waals surface area contributed by atoms with Crippen molar-refractivity contribution in [2.24, 2.45) is 5.73 Å². The second-order valence-electron chi connectivity index (χ2n) is 2.28. The maximum atomic E-state index is 11.1. The van der Waals surface area contributed by atoms with Crippen LogP contribution in [-0.4, -0.2) is 40.6 Å². The third-order valence-corrected chi connectivity index (χ3v) is 1.28. The zero-order valence-electron chi connectivity index (χ0n) is 7.19. The van der Waals surface area contributed by atoms with Gasteiger partial charge in [0.15, 0.2) is 5.69 Å². The van der Waals surface area contributed by atoms with E-state index in [1.165, 1.54) is 6.20 Å². The summed E-state index contributed by atoms with van der Waals surface area (Å²) in [6.45, 7) is 0.202. The molecule has 1 rings (SSSR count). The highest BCUT2D eigenvalue weighted by Gasteiger charge is 2.06. The molecule has 0 spiro atoms. The van der Waals surface area contributed by atoms with Crippen LogP contribution < -0.4 is 11.1 Å². The standard InChI is InChI=1S/C6H9N5O3/c7-6(13)14-2-1-8-5(12)4-3-9-11-10-4/h3H,1-2H2,(H2,7,13)(H,8,12)(H,9,10,11). The monoisotopic (exact) mass is 199 g/mol. The van der Waals surface area contributed by atoms with Gasteiger partial charge in [-0.1, -0.05) is 0 Å². The highest BCUT2D eigenvalue weighted by atomic mass is 16.5. The van der Waals surface area contributed by atoms with E-state index in [9.17, 15) is 9.59 Å². The van der Waals surface area contributed by atoms with Gasteiger partial charge >= 0.3 is 6.09 Å². The molecule has 2 amide bonds. The van der Waals surface area contributed by atoms with E-state index in [0.29, 0.717) is 0 Å². The number of nitrogens with zero attached hydrogens (tertiary/aromatic N) is 2. The van der Waals surface area contributed by atoms with Gasteiger partial charge in [0.25, 0.3) is 5.91 Å². The van der Waals surface area contributed by atoms with Gasteiger partial charge < -0.3 is 15.8 Å². The van der Waals surface area contributed by atoms with Crippen molar-refractivity contribution in [3.63, 3.8) is 0 Å². The van der Waals surface area contributed by atoms with E-state index >= 15 is 0 Å². The number of ether oxygens (including phenoxy) is 1. The molecule has 1 aromatic heterocycles. The molecule has 1 aromatic rings. The van der Waals surface area contributed by atoms with E-state index in [4.69, 9.17) is 5.73 Å². The molecule has 0 unspecified atom stereocenters. The molecule has 0 aliphatic carbocycles. The van der Waals surface area contributed by atoms with Gasteiger partial charge in [-0.15, -0.1) is 0 Å². The van der Waals surface area contributed by atoms with Gasteiger partial charge in [0.2, 0.25) is 0 Å². The summed E-state index contributed by atoms with van der Waals surface area (Å²) in [7, 11) is 0. The Kier molecular flexibility index (Phi) is 3.41. The molecule has 1 heterocycles. The van der Waals surface area contributed by atoms with Crippen LogP contribution in [0, 0.1) is 0 Å². The number of hydrogen-bond acceptors (Lipinski definition) is 5. The molecule has 0 radical (unpaired) electrons. The van der Waals surface area contributed by atoms with Crippen LogP contribution in [0.3, 0.4) is 0 Å². The minimum Gasteiger partial charge on any atom is -0.448 e. The molecule has 0 saturated heterocycles. The van der Waals surface area contributed by atoms with Gasteiger partial charge in [-0.3, -0.25) is 4.79 Å². The zero-order chi connectivity index (χ0) is 10.4. The van der Waals surface area contributed by atoms with Crippen LogP contribution in [0.4, 0.5) is 4.79 Å². The van der Waals surface area contributed by atoms with Crippen molar-refractivity contribution in [1.29, 1.82) is 0 Å². The lowest BCUT2D eigenvalue weighted by molar-refractivity contribution is 0.0932. The molecular formula is C6H9N5O3. The highest BCUT2D eigenvalue weighted by molar-refractivity contribution is 5.91. The van der Waals surface area contributed by atoms with Crippen LogP contribution in [0.15, 0.2) is 6.20 Å². The predicted octanol–water partition coefficient (Wildman–Crippen LogP) is -1.37. The Morgan fingerprint density at radius 1 is 1.64 bits per heavy atom. The number of primary amides is 1. The Morgan fingerprint density at radius 2 is 2.43 bits per heavy atom. The topological polar surface area (TPSA) is 123 Å². The Morgan fingerprint density at radius 3 is 3.00 bits per heavy atom. The number of hydrogen-bond donors (Lipinski definition) is 3. The Labute approximate surface area is 78.8 Å². The van der Waals surface area contributed by atoms with E-state index in [1.54, 1.807) is 0 Å². The molecule has 8 nitrogen and oxygen atoms in total. The third kappa shape index (κ3) is 3.09. The number of rotatable bonds is 4.